The molecule has 1 aromatic carbocycles. The molecule has 21 heavy (non-hydrogen) atoms. The van der Waals surface area contributed by atoms with E-state index in [1.807, 2.05) is 29.7 Å². The molecule has 2 aromatic heterocycles. The zero-order valence-electron chi connectivity index (χ0n) is 11.3. The number of hydrogen-bond donors (Lipinski definition) is 1. The van der Waals surface area contributed by atoms with Gasteiger partial charge in [0.05, 0.1) is 6.04 Å². The van der Waals surface area contributed by atoms with Crippen molar-refractivity contribution in [1.29, 1.82) is 0 Å². The van der Waals surface area contributed by atoms with Crippen LogP contribution < -0.4 is 0 Å². The number of halogens is 1. The molecule has 0 fully saturated rings. The Hall–Kier alpha value is -2.34. The summed E-state index contributed by atoms with van der Waals surface area (Å²) in [7, 11) is 0. The van der Waals surface area contributed by atoms with Gasteiger partial charge in [0.15, 0.2) is 10.6 Å². The van der Waals surface area contributed by atoms with E-state index in [9.17, 15) is 4.39 Å². The predicted molar refractivity (Wildman–Crippen MR) is 80.9 cm³/mol. The molecule has 3 aromatic rings. The van der Waals surface area contributed by atoms with Crippen molar-refractivity contribution in [1.82, 2.24) is 19.7 Å². The molecule has 0 saturated heterocycles. The molecule has 6 heteroatoms. The lowest BCUT2D eigenvalue weighted by Crippen LogP contribution is -2.10. The molecule has 4 nitrogen and oxygen atoms in total. The lowest BCUT2D eigenvalue weighted by atomic mass is 10.1. The number of aromatic nitrogens is 4. The fraction of sp³-hybridized carbons (Fsp3) is 0.133. The molecule has 0 bridgehead atoms. The first-order valence-electron chi connectivity index (χ1n) is 6.50. The van der Waals surface area contributed by atoms with Gasteiger partial charge in [0.2, 0.25) is 0 Å². The topological polar surface area (TPSA) is 46.5 Å². The van der Waals surface area contributed by atoms with Crippen LogP contribution >= 0.6 is 12.2 Å². The molecule has 1 unspecified atom stereocenters. The van der Waals surface area contributed by atoms with Gasteiger partial charge in [-0.05, 0) is 37.3 Å². The number of H-pyrrole nitrogens is 1. The molecule has 0 saturated carbocycles. The average molecular weight is 300 g/mol. The van der Waals surface area contributed by atoms with Gasteiger partial charge in [-0.2, -0.15) is 5.10 Å². The summed E-state index contributed by atoms with van der Waals surface area (Å²) in [5.41, 5.74) is 1.45. The molecule has 3 rings (SSSR count). The van der Waals surface area contributed by atoms with E-state index in [1.165, 1.54) is 6.07 Å². The van der Waals surface area contributed by atoms with Gasteiger partial charge >= 0.3 is 0 Å². The van der Waals surface area contributed by atoms with Crippen LogP contribution in [0.3, 0.4) is 0 Å². The number of nitrogens with one attached hydrogen (secondary N) is 1. The lowest BCUT2D eigenvalue weighted by Gasteiger charge is -2.16. The van der Waals surface area contributed by atoms with Gasteiger partial charge in [-0.1, -0.05) is 18.2 Å². The van der Waals surface area contributed by atoms with Crippen LogP contribution in [0.5, 0.6) is 0 Å². The molecule has 0 aliphatic rings. The van der Waals surface area contributed by atoms with Crippen LogP contribution in [0, 0.1) is 10.6 Å². The number of aromatic amines is 1. The fourth-order valence-electron chi connectivity index (χ4n) is 2.32. The minimum atomic E-state index is -0.263. The summed E-state index contributed by atoms with van der Waals surface area (Å²) in [6.45, 7) is 1.90. The molecule has 1 atom stereocenters. The van der Waals surface area contributed by atoms with Gasteiger partial charge in [0.1, 0.15) is 5.82 Å². The first-order chi connectivity index (χ1) is 10.2. The van der Waals surface area contributed by atoms with Gasteiger partial charge in [0, 0.05) is 23.5 Å². The monoisotopic (exact) mass is 300 g/mol. The molecule has 0 aliphatic heterocycles. The zero-order valence-corrected chi connectivity index (χ0v) is 12.1. The highest BCUT2D eigenvalue weighted by molar-refractivity contribution is 7.71. The second-order valence-electron chi connectivity index (χ2n) is 4.66. The first kappa shape index (κ1) is 13.6. The van der Waals surface area contributed by atoms with Crippen LogP contribution in [-0.4, -0.2) is 19.7 Å². The number of hydrogen-bond acceptors (Lipinski definition) is 3. The molecule has 106 valence electrons. The van der Waals surface area contributed by atoms with Crippen LogP contribution in [0.2, 0.25) is 0 Å². The van der Waals surface area contributed by atoms with E-state index in [0.29, 0.717) is 16.2 Å². The molecule has 0 radical (unpaired) electrons. The Morgan fingerprint density at radius 2 is 1.90 bits per heavy atom. The predicted octanol–water partition coefficient (Wildman–Crippen LogP) is 3.75. The highest BCUT2D eigenvalue weighted by Crippen LogP contribution is 2.26. The van der Waals surface area contributed by atoms with Crippen molar-refractivity contribution < 1.29 is 4.39 Å². The van der Waals surface area contributed by atoms with Gasteiger partial charge in [0.25, 0.3) is 0 Å². The SMILES string of the molecule is CC(c1ccccc1F)n1c(-c2ccncc2)n[nH]c1=S. The van der Waals surface area contributed by atoms with Crippen LogP contribution in [-0.2, 0) is 0 Å². The van der Waals surface area contributed by atoms with Crippen molar-refractivity contribution in [3.63, 3.8) is 0 Å². The largest absolute Gasteiger partial charge is 0.293 e. The Morgan fingerprint density at radius 3 is 2.62 bits per heavy atom. The summed E-state index contributed by atoms with van der Waals surface area (Å²) in [6, 6.07) is 10.1. The minimum Gasteiger partial charge on any atom is -0.293 e. The molecule has 0 aliphatic carbocycles. The van der Waals surface area contributed by atoms with Crippen LogP contribution in [0.1, 0.15) is 18.5 Å². The van der Waals surface area contributed by atoms with Crippen LogP contribution in [0.25, 0.3) is 11.4 Å². The second-order valence-corrected chi connectivity index (χ2v) is 5.04. The highest BCUT2D eigenvalue weighted by atomic mass is 32.1. The van der Waals surface area contributed by atoms with E-state index in [2.05, 4.69) is 15.2 Å². The zero-order chi connectivity index (χ0) is 14.8. The Labute approximate surface area is 126 Å². The van der Waals surface area contributed by atoms with E-state index in [-0.39, 0.29) is 11.9 Å². The third-order valence-electron chi connectivity index (χ3n) is 3.39. The van der Waals surface area contributed by atoms with Gasteiger partial charge in [-0.3, -0.25) is 14.6 Å². The maximum absolute atomic E-state index is 14.0. The summed E-state index contributed by atoms with van der Waals surface area (Å²) in [4.78, 5) is 3.99. The summed E-state index contributed by atoms with van der Waals surface area (Å²) in [5.74, 6) is 0.409. The number of rotatable bonds is 3. The maximum Gasteiger partial charge on any atom is 0.196 e. The fourth-order valence-corrected chi connectivity index (χ4v) is 2.61. The van der Waals surface area contributed by atoms with Crippen molar-refractivity contribution in [2.45, 2.75) is 13.0 Å². The Kier molecular flexibility index (Phi) is 3.62. The normalized spacial score (nSPS) is 12.3. The summed E-state index contributed by atoms with van der Waals surface area (Å²) < 4.78 is 16.3. The van der Waals surface area contributed by atoms with Gasteiger partial charge in [-0.15, -0.1) is 0 Å². The first-order valence-corrected chi connectivity index (χ1v) is 6.91. The third-order valence-corrected chi connectivity index (χ3v) is 3.67. The Balaban J connectivity index is 2.14. The molecular weight excluding hydrogens is 287 g/mol. The maximum atomic E-state index is 14.0. The minimum absolute atomic E-state index is 0.256. The Morgan fingerprint density at radius 1 is 1.19 bits per heavy atom. The summed E-state index contributed by atoms with van der Waals surface area (Å²) >= 11 is 5.30. The van der Waals surface area contributed by atoms with E-state index < -0.39 is 0 Å². The van der Waals surface area contributed by atoms with Crippen LogP contribution in [0.15, 0.2) is 48.8 Å². The van der Waals surface area contributed by atoms with E-state index in [0.717, 1.165) is 5.56 Å². The average Bonchev–Trinajstić information content (AvgIpc) is 2.90. The molecule has 0 spiro atoms. The van der Waals surface area contributed by atoms with E-state index in [1.54, 1.807) is 24.5 Å². The smallest absolute Gasteiger partial charge is 0.196 e. The highest BCUT2D eigenvalue weighted by Gasteiger charge is 2.18. The van der Waals surface area contributed by atoms with Crippen molar-refractivity contribution in [2.75, 3.05) is 0 Å². The van der Waals surface area contributed by atoms with Crippen molar-refractivity contribution in [3.05, 3.63) is 64.9 Å². The molecule has 1 N–H and O–H groups in total. The standard InChI is InChI=1S/C15H13FN4S/c1-10(12-4-2-3-5-13(12)16)20-14(18-19-15(20)21)11-6-8-17-9-7-11/h2-10H,1H3,(H,19,21). The van der Waals surface area contributed by atoms with Crippen molar-refractivity contribution >= 4 is 12.2 Å². The van der Waals surface area contributed by atoms with Crippen molar-refractivity contribution in [2.24, 2.45) is 0 Å². The number of benzene rings is 1. The van der Waals surface area contributed by atoms with Gasteiger partial charge < -0.3 is 0 Å². The summed E-state index contributed by atoms with van der Waals surface area (Å²) in [6.07, 6.45) is 3.37. The number of pyridine rings is 1. The molecule has 0 amide bonds. The Bertz CT molecular complexity index is 810. The lowest BCUT2D eigenvalue weighted by molar-refractivity contribution is 0.556. The van der Waals surface area contributed by atoms with E-state index in [4.69, 9.17) is 12.2 Å². The molecule has 2 heterocycles. The van der Waals surface area contributed by atoms with Crippen LogP contribution in [0.4, 0.5) is 4.39 Å². The van der Waals surface area contributed by atoms with Gasteiger partial charge in [-0.25, -0.2) is 4.39 Å². The quantitative estimate of drug-likeness (QED) is 0.749. The molecular formula is C15H13FN4S. The number of nitrogens with zero attached hydrogens (tertiary/aromatic N) is 3. The van der Waals surface area contributed by atoms with E-state index >= 15 is 0 Å². The summed E-state index contributed by atoms with van der Waals surface area (Å²) in [5, 5.41) is 7.04. The second kappa shape index (κ2) is 5.57. The van der Waals surface area contributed by atoms with Crippen molar-refractivity contribution in [3.8, 4) is 11.4 Å². The third kappa shape index (κ3) is 2.50.